The molecule has 0 radical (unpaired) electrons. The zero-order valence-corrected chi connectivity index (χ0v) is 38.7. The predicted molar refractivity (Wildman–Crippen MR) is 241 cm³/mol. The molecule has 0 saturated heterocycles. The second-order valence-electron chi connectivity index (χ2n) is 15.7. The van der Waals surface area contributed by atoms with Gasteiger partial charge >= 0.3 is 11.9 Å². The fourth-order valence-electron chi connectivity index (χ4n) is 6.07. The molecule has 0 aliphatic carbocycles. The molecule has 1 aromatic carbocycles. The molecular formula is C43H66N8O19. The second-order valence-corrected chi connectivity index (χ2v) is 15.7. The van der Waals surface area contributed by atoms with Crippen LogP contribution in [-0.2, 0) is 47.9 Å². The van der Waals surface area contributed by atoms with E-state index in [0.717, 1.165) is 51.9 Å². The van der Waals surface area contributed by atoms with Gasteiger partial charge < -0.3 is 83.0 Å². The number of rotatable bonds is 37. The van der Waals surface area contributed by atoms with Crippen LogP contribution in [0, 0.1) is 0 Å². The van der Waals surface area contributed by atoms with Gasteiger partial charge in [-0.3, -0.25) is 43.2 Å². The van der Waals surface area contributed by atoms with Crippen molar-refractivity contribution in [2.75, 3.05) is 52.7 Å². The molecule has 15 N–H and O–H groups in total. The van der Waals surface area contributed by atoms with Crippen molar-refractivity contribution in [2.24, 2.45) is 0 Å². The Morgan fingerprint density at radius 2 is 0.843 bits per heavy atom. The highest BCUT2D eigenvalue weighted by molar-refractivity contribution is 5.96. The maximum atomic E-state index is 12.8. The molecule has 0 unspecified atom stereocenters. The lowest BCUT2D eigenvalue weighted by Crippen LogP contribution is -2.58. The minimum atomic E-state index is -1.76. The lowest BCUT2D eigenvalue weighted by Gasteiger charge is -2.22. The first-order chi connectivity index (χ1) is 33.3. The van der Waals surface area contributed by atoms with E-state index in [-0.39, 0.29) is 18.4 Å². The average molecular weight is 999 g/mol. The van der Waals surface area contributed by atoms with Crippen molar-refractivity contribution in [3.63, 3.8) is 0 Å². The topological polar surface area (TPSA) is 435 Å². The Bertz CT molecular complexity index is 1900. The van der Waals surface area contributed by atoms with Crippen molar-refractivity contribution in [1.29, 1.82) is 0 Å². The van der Waals surface area contributed by atoms with E-state index < -0.39 is 154 Å². The summed E-state index contributed by atoms with van der Waals surface area (Å²) in [4.78, 5) is 134. The van der Waals surface area contributed by atoms with Gasteiger partial charge in [0.1, 0.15) is 42.0 Å². The summed E-state index contributed by atoms with van der Waals surface area (Å²) in [7, 11) is 0. The molecule has 8 amide bonds. The highest BCUT2D eigenvalue weighted by Crippen LogP contribution is 2.14. The van der Waals surface area contributed by atoms with Gasteiger partial charge in [0.25, 0.3) is 0 Å². The lowest BCUT2D eigenvalue weighted by molar-refractivity contribution is -0.142. The fourth-order valence-corrected chi connectivity index (χ4v) is 6.07. The van der Waals surface area contributed by atoms with E-state index >= 15 is 0 Å². The van der Waals surface area contributed by atoms with E-state index in [0.29, 0.717) is 18.8 Å². The first kappa shape index (κ1) is 61.2. The minimum absolute atomic E-state index is 0.0522. The number of carboxylic acid groups (broad SMARTS) is 2. The van der Waals surface area contributed by atoms with Crippen LogP contribution in [0.2, 0.25) is 0 Å². The summed E-state index contributed by atoms with van der Waals surface area (Å²) < 4.78 is 5.62. The van der Waals surface area contributed by atoms with Crippen molar-refractivity contribution in [1.82, 2.24) is 42.5 Å². The number of Topliss-reactive ketones (excluding diaryl/α,β-unsaturated/α-hetero) is 1. The summed E-state index contributed by atoms with van der Waals surface area (Å²) in [6, 6.07) is -3.39. The zero-order valence-electron chi connectivity index (χ0n) is 38.7. The second kappa shape index (κ2) is 34.5. The fraction of sp³-hybridized carbons (Fsp3) is 0.605. The normalized spacial score (nSPS) is 13.3. The number of carbonyl (C=O) groups is 11. The summed E-state index contributed by atoms with van der Waals surface area (Å²) in [5.74, 6) is -10.4. The Balaban J connectivity index is 2.45. The molecular weight excluding hydrogens is 933 g/mol. The Morgan fingerprint density at radius 3 is 1.27 bits per heavy atom. The van der Waals surface area contributed by atoms with E-state index in [1.54, 1.807) is 12.1 Å². The molecule has 0 bridgehead atoms. The third-order valence-electron chi connectivity index (χ3n) is 10.1. The number of hydrogen-bond donors (Lipinski definition) is 15. The third-order valence-corrected chi connectivity index (χ3v) is 10.1. The van der Waals surface area contributed by atoms with Crippen molar-refractivity contribution in [3.05, 3.63) is 29.8 Å². The molecule has 1 aromatic rings. The number of hydrogen-bond acceptors (Lipinski definition) is 17. The summed E-state index contributed by atoms with van der Waals surface area (Å²) in [5, 5.41) is 83.3. The number of aliphatic hydroxyl groups is 5. The molecule has 0 aromatic heterocycles. The van der Waals surface area contributed by atoms with Crippen LogP contribution in [0.4, 0.5) is 0 Å². The number of unbranched alkanes of at least 4 members (excludes halogenated alkanes) is 7. The van der Waals surface area contributed by atoms with Crippen LogP contribution in [0.15, 0.2) is 24.3 Å². The van der Waals surface area contributed by atoms with Crippen LogP contribution in [-0.4, -0.2) is 190 Å². The lowest BCUT2D eigenvalue weighted by atomic mass is 10.1. The van der Waals surface area contributed by atoms with E-state index in [2.05, 4.69) is 31.9 Å². The number of aliphatic carboxylic acids is 1. The van der Waals surface area contributed by atoms with Gasteiger partial charge in [-0.25, -0.2) is 9.59 Å². The smallest absolute Gasteiger partial charge is 0.335 e. The van der Waals surface area contributed by atoms with E-state index in [1.807, 2.05) is 10.6 Å². The van der Waals surface area contributed by atoms with Crippen LogP contribution in [0.5, 0.6) is 5.75 Å². The van der Waals surface area contributed by atoms with Crippen molar-refractivity contribution < 1.29 is 93.2 Å². The maximum absolute atomic E-state index is 12.8. The van der Waals surface area contributed by atoms with Gasteiger partial charge in [-0.05, 0) is 50.5 Å². The number of carbonyl (C=O) groups excluding carboxylic acids is 9. The summed E-state index contributed by atoms with van der Waals surface area (Å²) in [6.07, 6.45) is 5.95. The van der Waals surface area contributed by atoms with Gasteiger partial charge in [-0.15, -0.1) is 0 Å². The average Bonchev–Trinajstić information content (AvgIpc) is 3.33. The van der Waals surface area contributed by atoms with E-state index in [1.165, 1.54) is 12.1 Å². The van der Waals surface area contributed by atoms with E-state index in [9.17, 15) is 78.3 Å². The van der Waals surface area contributed by atoms with Gasteiger partial charge in [0.05, 0.1) is 58.3 Å². The highest BCUT2D eigenvalue weighted by Gasteiger charge is 2.30. The third kappa shape index (κ3) is 25.0. The molecule has 392 valence electrons. The summed E-state index contributed by atoms with van der Waals surface area (Å²) >= 11 is 0. The summed E-state index contributed by atoms with van der Waals surface area (Å²) in [6.45, 7) is -4.82. The van der Waals surface area contributed by atoms with Crippen LogP contribution < -0.4 is 47.3 Å². The van der Waals surface area contributed by atoms with Gasteiger partial charge in [0, 0.05) is 12.8 Å². The molecule has 0 fully saturated rings. The molecule has 0 aliphatic rings. The molecule has 27 nitrogen and oxygen atoms in total. The van der Waals surface area contributed by atoms with E-state index in [4.69, 9.17) is 14.9 Å². The zero-order chi connectivity index (χ0) is 52.6. The SMILES string of the molecule is CC(=O)[C@H](CO)NC(=O)CNC(=O)[C@H](CO)NC(=O)[C@H](CO)NC(=O)CNC(=O)[C@H](CO)NC(=O)[C@H](CO)NC(=O)CC[C@H](NC(=O)CCCCCCCCCCOc1ccc(C(=O)O)cc1)C(=O)O. The Morgan fingerprint density at radius 1 is 0.457 bits per heavy atom. The monoisotopic (exact) mass is 998 g/mol. The van der Waals surface area contributed by atoms with Crippen LogP contribution in [0.3, 0.4) is 0 Å². The standard InChI is InChI=1S/C43H66N8O19/c1-25(57)29(20-52)47-36(60)18-44-38(62)31(22-54)51-41(65)33(24-56)49-37(61)19-45-39(63)30(21-53)50-40(64)32(23-55)48-35(59)16-15-28(43(68)69)46-34(58)10-8-6-4-2-3-5-7-9-17-70-27-13-11-26(12-14-27)42(66)67/h11-14,28-33,52-56H,2-10,15-24H2,1H3,(H,44,62)(H,45,63)(H,46,58)(H,47,60)(H,48,59)(H,49,61)(H,50,64)(H,51,65)(H,66,67)(H,68,69)/t28-,29-,30-,31-,32-,33-/m0/s1. The number of aromatic carboxylic acids is 1. The van der Waals surface area contributed by atoms with Crippen molar-refractivity contribution in [3.8, 4) is 5.75 Å². The summed E-state index contributed by atoms with van der Waals surface area (Å²) in [5.41, 5.74) is 0.182. The van der Waals surface area contributed by atoms with Crippen LogP contribution >= 0.6 is 0 Å². The molecule has 0 heterocycles. The quantitative estimate of drug-likeness (QED) is 0.0277. The molecule has 0 spiro atoms. The Kier molecular flexibility index (Phi) is 30.1. The van der Waals surface area contributed by atoms with Crippen molar-refractivity contribution in [2.45, 2.75) is 114 Å². The van der Waals surface area contributed by atoms with Gasteiger partial charge in [-0.2, -0.15) is 0 Å². The van der Waals surface area contributed by atoms with Crippen LogP contribution in [0.25, 0.3) is 0 Å². The Hall–Kier alpha value is -6.81. The first-order valence-electron chi connectivity index (χ1n) is 22.4. The van der Waals surface area contributed by atoms with Crippen LogP contribution in [0.1, 0.15) is 87.9 Å². The number of ether oxygens (including phenoxy) is 1. The van der Waals surface area contributed by atoms with Gasteiger partial charge in [0.15, 0.2) is 5.78 Å². The maximum Gasteiger partial charge on any atom is 0.335 e. The largest absolute Gasteiger partial charge is 0.494 e. The number of aliphatic hydroxyl groups excluding tert-OH is 5. The number of amides is 8. The molecule has 0 aliphatic heterocycles. The minimum Gasteiger partial charge on any atom is -0.494 e. The Labute approximate surface area is 402 Å². The number of benzene rings is 1. The predicted octanol–water partition coefficient (Wildman–Crippen LogP) is -5.17. The number of ketones is 1. The first-order valence-corrected chi connectivity index (χ1v) is 22.4. The number of carboxylic acids is 2. The molecule has 6 atom stereocenters. The molecule has 0 saturated carbocycles. The number of nitrogens with one attached hydrogen (secondary N) is 8. The molecule has 1 rings (SSSR count). The van der Waals surface area contributed by atoms with Crippen molar-refractivity contribution >= 4 is 65.0 Å². The molecule has 70 heavy (non-hydrogen) atoms. The van der Waals surface area contributed by atoms with Gasteiger partial charge in [-0.1, -0.05) is 38.5 Å². The highest BCUT2D eigenvalue weighted by atomic mass is 16.5. The van der Waals surface area contributed by atoms with Gasteiger partial charge in [0.2, 0.25) is 47.3 Å². The molecule has 27 heteroatoms.